The lowest BCUT2D eigenvalue weighted by Gasteiger charge is -2.12. The van der Waals surface area contributed by atoms with Gasteiger partial charge < -0.3 is 28.8 Å². The summed E-state index contributed by atoms with van der Waals surface area (Å²) in [5.74, 6) is 0.668. The highest BCUT2D eigenvalue weighted by atomic mass is 16.6. The molecule has 0 aromatic heterocycles. The second-order valence-corrected chi connectivity index (χ2v) is 8.29. The van der Waals surface area contributed by atoms with E-state index in [1.807, 2.05) is 58.0 Å². The van der Waals surface area contributed by atoms with Crippen LogP contribution < -0.4 is 9.47 Å². The van der Waals surface area contributed by atoms with Crippen LogP contribution in [-0.2, 0) is 19.0 Å². The van der Waals surface area contributed by atoms with Crippen molar-refractivity contribution < 1.29 is 33.6 Å². The summed E-state index contributed by atoms with van der Waals surface area (Å²) in [5.41, 5.74) is 2.38. The third-order valence-corrected chi connectivity index (χ3v) is 5.00. The van der Waals surface area contributed by atoms with E-state index < -0.39 is 5.97 Å². The summed E-state index contributed by atoms with van der Waals surface area (Å²) < 4.78 is 27.2. The molecule has 0 radical (unpaired) electrons. The predicted octanol–water partition coefficient (Wildman–Crippen LogP) is 4.22. The van der Waals surface area contributed by atoms with E-state index in [1.165, 1.54) is 26.1 Å². The van der Waals surface area contributed by atoms with Crippen molar-refractivity contribution >= 4 is 12.0 Å². The molecule has 33 heavy (non-hydrogen) atoms. The van der Waals surface area contributed by atoms with Gasteiger partial charge >= 0.3 is 5.97 Å². The van der Waals surface area contributed by atoms with Gasteiger partial charge in [-0.25, -0.2) is 4.79 Å². The second-order valence-electron chi connectivity index (χ2n) is 8.29. The number of carbonyl (C=O) groups excluding carboxylic acids is 1. The quantitative estimate of drug-likeness (QED) is 0.125. The normalized spacial score (nSPS) is 17.5. The summed E-state index contributed by atoms with van der Waals surface area (Å²) in [6.07, 6.45) is 8.48. The smallest absolute Gasteiger partial charge is 0.341 e. The van der Waals surface area contributed by atoms with Gasteiger partial charge in [-0.05, 0) is 57.0 Å². The Kier molecular flexibility index (Phi) is 9.75. The van der Waals surface area contributed by atoms with Crippen molar-refractivity contribution in [2.24, 2.45) is 0 Å². The Hall–Kier alpha value is -3.03. The highest BCUT2D eigenvalue weighted by molar-refractivity contribution is 5.93. The lowest BCUT2D eigenvalue weighted by molar-refractivity contribution is -0.136. The van der Waals surface area contributed by atoms with Crippen LogP contribution in [0, 0.1) is 0 Å². The van der Waals surface area contributed by atoms with Crippen molar-refractivity contribution in [3.63, 3.8) is 0 Å². The fraction of sp³-hybridized carbons (Fsp3) is 0.423. The third kappa shape index (κ3) is 8.11. The van der Waals surface area contributed by atoms with Crippen molar-refractivity contribution in [1.29, 1.82) is 0 Å². The van der Waals surface area contributed by atoms with Crippen molar-refractivity contribution in [3.05, 3.63) is 65.0 Å². The largest absolute Gasteiger partial charge is 0.503 e. The molecule has 1 heterocycles. The minimum Gasteiger partial charge on any atom is -0.503 e. The first-order valence-corrected chi connectivity index (χ1v) is 10.7. The van der Waals surface area contributed by atoms with Crippen LogP contribution in [0.25, 0.3) is 6.08 Å². The topological polar surface area (TPSA) is 86.8 Å². The Bertz CT molecular complexity index is 934. The van der Waals surface area contributed by atoms with Gasteiger partial charge in [0.25, 0.3) is 0 Å². The summed E-state index contributed by atoms with van der Waals surface area (Å²) in [5, 5.41) is 9.68. The van der Waals surface area contributed by atoms with E-state index in [0.717, 1.165) is 5.56 Å². The molecule has 1 atom stereocenters. The Balaban J connectivity index is 2.22. The molecule has 0 saturated carbocycles. The number of methoxy groups -OCH3 is 2. The molecular formula is C26H34O7. The molecule has 1 saturated heterocycles. The molecule has 1 aliphatic rings. The highest BCUT2D eigenvalue weighted by Gasteiger charge is 2.48. The van der Waals surface area contributed by atoms with Crippen LogP contribution in [0.1, 0.15) is 33.3 Å². The van der Waals surface area contributed by atoms with E-state index in [-0.39, 0.29) is 23.9 Å². The van der Waals surface area contributed by atoms with Gasteiger partial charge in [0, 0.05) is 0 Å². The highest BCUT2D eigenvalue weighted by Crippen LogP contribution is 2.37. The summed E-state index contributed by atoms with van der Waals surface area (Å²) >= 11 is 0. The van der Waals surface area contributed by atoms with Crippen molar-refractivity contribution in [2.75, 3.05) is 34.0 Å². The minimum absolute atomic E-state index is 0.0432. The van der Waals surface area contributed by atoms with Crippen molar-refractivity contribution in [2.45, 2.75) is 39.4 Å². The molecule has 1 aromatic rings. The SMILES string of the molecule is COC=C(C(=O)OC)C(=CC=Cc1ccc(OCC=C(C)C)c(OCC2OC2(C)C)c1)CO. The van der Waals surface area contributed by atoms with E-state index in [0.29, 0.717) is 30.3 Å². The Morgan fingerprint density at radius 1 is 1.18 bits per heavy atom. The van der Waals surface area contributed by atoms with Crippen molar-refractivity contribution in [3.8, 4) is 11.5 Å². The lowest BCUT2D eigenvalue weighted by Crippen LogP contribution is -2.13. The molecule has 0 bridgehead atoms. The van der Waals surface area contributed by atoms with Gasteiger partial charge in [0.05, 0.1) is 38.3 Å². The maximum atomic E-state index is 11.9. The summed E-state index contributed by atoms with van der Waals surface area (Å²) in [6.45, 7) is 8.61. The second kappa shape index (κ2) is 12.3. The molecule has 1 aromatic carbocycles. The first kappa shape index (κ1) is 26.2. The van der Waals surface area contributed by atoms with E-state index >= 15 is 0 Å². The van der Waals surface area contributed by atoms with Gasteiger partial charge in [-0.2, -0.15) is 0 Å². The van der Waals surface area contributed by atoms with Gasteiger partial charge in [-0.15, -0.1) is 0 Å². The first-order chi connectivity index (χ1) is 15.7. The monoisotopic (exact) mass is 458 g/mol. The van der Waals surface area contributed by atoms with Crippen LogP contribution in [0.4, 0.5) is 0 Å². The standard InChI is InChI=1S/C26H34O7/c1-18(2)12-13-31-22-11-10-19(14-23(22)32-17-24-26(3,4)33-24)8-7-9-20(15-27)21(16-29-5)25(28)30-6/h7-12,14,16,24,27H,13,15,17H2,1-6H3. The number of esters is 1. The van der Waals surface area contributed by atoms with E-state index in [1.54, 1.807) is 12.2 Å². The summed E-state index contributed by atoms with van der Waals surface area (Å²) in [7, 11) is 2.69. The lowest BCUT2D eigenvalue weighted by atomic mass is 10.1. The number of allylic oxidation sites excluding steroid dienone is 3. The summed E-state index contributed by atoms with van der Waals surface area (Å²) in [6, 6.07) is 5.63. The molecule has 7 heteroatoms. The molecule has 0 spiro atoms. The van der Waals surface area contributed by atoms with Crippen molar-refractivity contribution in [1.82, 2.24) is 0 Å². The number of epoxide rings is 1. The average molecular weight is 459 g/mol. The number of benzene rings is 1. The number of hydrogen-bond donors (Lipinski definition) is 1. The zero-order chi connectivity index (χ0) is 24.4. The van der Waals surface area contributed by atoms with Gasteiger partial charge in [0.15, 0.2) is 11.5 Å². The fourth-order valence-electron chi connectivity index (χ4n) is 2.88. The number of hydrogen-bond acceptors (Lipinski definition) is 7. The zero-order valence-electron chi connectivity index (χ0n) is 20.2. The Morgan fingerprint density at radius 3 is 2.48 bits per heavy atom. The van der Waals surface area contributed by atoms with E-state index in [4.69, 9.17) is 23.7 Å². The number of aliphatic hydroxyl groups is 1. The molecule has 2 rings (SSSR count). The molecule has 1 N–H and O–H groups in total. The molecule has 180 valence electrons. The van der Waals surface area contributed by atoms with Gasteiger partial charge in [-0.1, -0.05) is 29.9 Å². The number of carbonyl (C=O) groups is 1. The molecule has 1 fully saturated rings. The molecular weight excluding hydrogens is 424 g/mol. The van der Waals surface area contributed by atoms with Crippen LogP contribution in [-0.4, -0.2) is 56.8 Å². The molecule has 0 amide bonds. The minimum atomic E-state index is -0.593. The maximum Gasteiger partial charge on any atom is 0.341 e. The molecule has 0 aliphatic carbocycles. The molecule has 7 nitrogen and oxygen atoms in total. The van der Waals surface area contributed by atoms with Crippen LogP contribution in [0.2, 0.25) is 0 Å². The van der Waals surface area contributed by atoms with Gasteiger partial charge in [-0.3, -0.25) is 0 Å². The van der Waals surface area contributed by atoms with Gasteiger partial charge in [0.1, 0.15) is 19.3 Å². The number of ether oxygens (including phenoxy) is 5. The van der Waals surface area contributed by atoms with Crippen LogP contribution in [0.3, 0.4) is 0 Å². The van der Waals surface area contributed by atoms with Gasteiger partial charge in [0.2, 0.25) is 0 Å². The third-order valence-electron chi connectivity index (χ3n) is 5.00. The average Bonchev–Trinajstić information content (AvgIpc) is 3.40. The fourth-order valence-corrected chi connectivity index (χ4v) is 2.88. The predicted molar refractivity (Wildman–Crippen MR) is 127 cm³/mol. The molecule has 1 aliphatic heterocycles. The number of aliphatic hydroxyl groups excluding tert-OH is 1. The number of rotatable bonds is 12. The Labute approximate surface area is 195 Å². The Morgan fingerprint density at radius 2 is 1.91 bits per heavy atom. The first-order valence-electron chi connectivity index (χ1n) is 10.7. The van der Waals surface area contributed by atoms with Crippen LogP contribution in [0.5, 0.6) is 11.5 Å². The van der Waals surface area contributed by atoms with E-state index in [2.05, 4.69) is 0 Å². The zero-order valence-corrected chi connectivity index (χ0v) is 20.2. The van der Waals surface area contributed by atoms with E-state index in [9.17, 15) is 9.90 Å². The maximum absolute atomic E-state index is 11.9. The van der Waals surface area contributed by atoms with Crippen LogP contribution >= 0.6 is 0 Å². The summed E-state index contributed by atoms with van der Waals surface area (Å²) in [4.78, 5) is 11.9. The van der Waals surface area contributed by atoms with Crippen LogP contribution in [0.15, 0.2) is 59.4 Å². The molecule has 1 unspecified atom stereocenters.